The van der Waals surface area contributed by atoms with E-state index in [2.05, 4.69) is 33.3 Å². The second-order valence-electron chi connectivity index (χ2n) is 7.58. The van der Waals surface area contributed by atoms with Crippen molar-refractivity contribution in [1.29, 1.82) is 0 Å². The quantitative estimate of drug-likeness (QED) is 0.639. The van der Waals surface area contributed by atoms with Crippen molar-refractivity contribution in [3.8, 4) is 17.2 Å². The fourth-order valence-electron chi connectivity index (χ4n) is 4.08. The zero-order chi connectivity index (χ0) is 19.5. The van der Waals surface area contributed by atoms with E-state index in [0.717, 1.165) is 56.9 Å². The number of fused-ring (bicyclic) bond motifs is 1. The number of ether oxygens (including phenoxy) is 2. The van der Waals surface area contributed by atoms with Gasteiger partial charge in [-0.1, -0.05) is 30.3 Å². The number of hydrogen-bond donors (Lipinski definition) is 0. The van der Waals surface area contributed by atoms with Gasteiger partial charge in [-0.15, -0.1) is 10.2 Å². The second-order valence-corrected chi connectivity index (χ2v) is 7.58. The smallest absolute Gasteiger partial charge is 0.247 e. The summed E-state index contributed by atoms with van der Waals surface area (Å²) in [5.74, 6) is 2.25. The second kappa shape index (κ2) is 8.35. The van der Waals surface area contributed by atoms with Crippen LogP contribution >= 0.6 is 0 Å². The summed E-state index contributed by atoms with van der Waals surface area (Å²) in [6.45, 7) is 4.00. The van der Waals surface area contributed by atoms with E-state index >= 15 is 0 Å². The first-order valence-corrected chi connectivity index (χ1v) is 10.3. The van der Waals surface area contributed by atoms with Gasteiger partial charge in [0.1, 0.15) is 11.8 Å². The average Bonchev–Trinajstić information content (AvgIpc) is 3.44. The minimum Gasteiger partial charge on any atom is -0.493 e. The van der Waals surface area contributed by atoms with Crippen LogP contribution in [0.2, 0.25) is 0 Å². The van der Waals surface area contributed by atoms with Gasteiger partial charge in [0.2, 0.25) is 11.8 Å². The summed E-state index contributed by atoms with van der Waals surface area (Å²) >= 11 is 0. The van der Waals surface area contributed by atoms with E-state index in [1.54, 1.807) is 0 Å². The van der Waals surface area contributed by atoms with Gasteiger partial charge in [-0.05, 0) is 48.7 Å². The van der Waals surface area contributed by atoms with Gasteiger partial charge in [-0.25, -0.2) is 0 Å². The first-order valence-electron chi connectivity index (χ1n) is 10.3. The van der Waals surface area contributed by atoms with Crippen LogP contribution in [0.15, 0.2) is 52.9 Å². The van der Waals surface area contributed by atoms with E-state index in [1.165, 1.54) is 11.1 Å². The molecule has 6 nitrogen and oxygen atoms in total. The number of aryl methyl sites for hydroxylation is 1. The number of morpholine rings is 1. The van der Waals surface area contributed by atoms with Gasteiger partial charge in [0.25, 0.3) is 0 Å². The molecular weight excluding hydrogens is 366 g/mol. The van der Waals surface area contributed by atoms with Crippen LogP contribution in [-0.4, -0.2) is 48.0 Å². The Bertz CT molecular complexity index is 957. The molecule has 0 aliphatic carbocycles. The maximum Gasteiger partial charge on any atom is 0.247 e. The fourth-order valence-corrected chi connectivity index (χ4v) is 4.08. The summed E-state index contributed by atoms with van der Waals surface area (Å²) in [5.41, 5.74) is 3.66. The maximum atomic E-state index is 6.00. The number of benzene rings is 2. The van der Waals surface area contributed by atoms with E-state index in [0.29, 0.717) is 18.4 Å². The number of nitrogens with zero attached hydrogens (tertiary/aromatic N) is 3. The lowest BCUT2D eigenvalue weighted by molar-refractivity contribution is -0.0183. The number of rotatable bonds is 6. The van der Waals surface area contributed by atoms with Gasteiger partial charge in [0, 0.05) is 18.5 Å². The Kier molecular flexibility index (Phi) is 5.28. The van der Waals surface area contributed by atoms with Crippen molar-refractivity contribution in [3.05, 3.63) is 65.5 Å². The molecule has 0 spiro atoms. The molecule has 1 atom stereocenters. The lowest BCUT2D eigenvalue weighted by Crippen LogP contribution is -2.40. The molecule has 0 N–H and O–H groups in total. The van der Waals surface area contributed by atoms with Crippen molar-refractivity contribution < 1.29 is 13.9 Å². The fraction of sp³-hybridized carbons (Fsp3) is 0.391. The molecule has 2 aliphatic heterocycles. The van der Waals surface area contributed by atoms with Crippen LogP contribution in [0.1, 0.15) is 29.5 Å². The third-order valence-electron chi connectivity index (χ3n) is 5.65. The molecular formula is C23H25N3O3. The zero-order valence-corrected chi connectivity index (χ0v) is 16.4. The lowest BCUT2D eigenvalue weighted by Gasteiger charge is -2.33. The summed E-state index contributed by atoms with van der Waals surface area (Å²) < 4.78 is 17.3. The van der Waals surface area contributed by atoms with Crippen LogP contribution in [-0.2, 0) is 17.6 Å². The lowest BCUT2D eigenvalue weighted by atomic mass is 10.0. The Morgan fingerprint density at radius 2 is 1.97 bits per heavy atom. The van der Waals surface area contributed by atoms with Crippen molar-refractivity contribution >= 4 is 0 Å². The molecule has 1 fully saturated rings. The summed E-state index contributed by atoms with van der Waals surface area (Å²) in [7, 11) is 0. The van der Waals surface area contributed by atoms with Crippen molar-refractivity contribution in [2.45, 2.75) is 25.3 Å². The van der Waals surface area contributed by atoms with Gasteiger partial charge in [-0.3, -0.25) is 4.90 Å². The van der Waals surface area contributed by atoms with E-state index in [-0.39, 0.29) is 6.04 Å². The molecule has 3 heterocycles. The van der Waals surface area contributed by atoms with Crippen LogP contribution in [0.25, 0.3) is 11.5 Å². The highest BCUT2D eigenvalue weighted by Gasteiger charge is 2.29. The van der Waals surface area contributed by atoms with Crippen LogP contribution in [0.4, 0.5) is 0 Å². The number of hydrogen-bond acceptors (Lipinski definition) is 6. The Balaban J connectivity index is 1.23. The molecule has 1 aromatic heterocycles. The van der Waals surface area contributed by atoms with Crippen molar-refractivity contribution in [3.63, 3.8) is 0 Å². The standard InChI is InChI=1S/C23H25N3O3/c1-2-6-18(7-3-1)22-24-25-23(29-22)20-16-27-14-12-26(20)11-4-5-17-8-9-21-19(15-17)10-13-28-21/h1-3,6-9,15,20H,4-5,10-14,16H2/t20-/m1/s1. The highest BCUT2D eigenvalue weighted by atomic mass is 16.5. The maximum absolute atomic E-state index is 6.00. The molecule has 0 bridgehead atoms. The van der Waals surface area contributed by atoms with Gasteiger partial charge < -0.3 is 13.9 Å². The average molecular weight is 391 g/mol. The van der Waals surface area contributed by atoms with Crippen LogP contribution in [0.3, 0.4) is 0 Å². The topological polar surface area (TPSA) is 60.6 Å². The predicted octanol–water partition coefficient (Wildman–Crippen LogP) is 3.68. The van der Waals surface area contributed by atoms with Crippen molar-refractivity contribution in [2.24, 2.45) is 0 Å². The first kappa shape index (κ1) is 18.3. The molecule has 3 aromatic rings. The van der Waals surface area contributed by atoms with Gasteiger partial charge >= 0.3 is 0 Å². The molecule has 150 valence electrons. The largest absolute Gasteiger partial charge is 0.493 e. The highest BCUT2D eigenvalue weighted by molar-refractivity contribution is 5.51. The number of aromatic nitrogens is 2. The predicted molar refractivity (Wildman–Crippen MR) is 109 cm³/mol. The minimum absolute atomic E-state index is 0.0159. The molecule has 0 radical (unpaired) electrons. The monoisotopic (exact) mass is 391 g/mol. The summed E-state index contributed by atoms with van der Waals surface area (Å²) in [6.07, 6.45) is 3.15. The van der Waals surface area contributed by atoms with Crippen LogP contribution in [0, 0.1) is 0 Å². The molecule has 2 aliphatic rings. The first-order chi connectivity index (χ1) is 14.4. The summed E-state index contributed by atoms with van der Waals surface area (Å²) in [4.78, 5) is 2.41. The SMILES string of the molecule is c1ccc(-c2nnc([C@H]3COCCN3CCCc3ccc4c(c3)CCO4)o2)cc1. The van der Waals surface area contributed by atoms with Crippen molar-refractivity contribution in [2.75, 3.05) is 32.9 Å². The van der Waals surface area contributed by atoms with E-state index in [9.17, 15) is 0 Å². The third-order valence-corrected chi connectivity index (χ3v) is 5.65. The Morgan fingerprint density at radius 3 is 2.90 bits per heavy atom. The molecule has 0 unspecified atom stereocenters. The Labute approximate surface area is 170 Å². The molecule has 0 amide bonds. The van der Waals surface area contributed by atoms with E-state index in [1.807, 2.05) is 30.3 Å². The summed E-state index contributed by atoms with van der Waals surface area (Å²) in [5, 5.41) is 8.57. The Hall–Kier alpha value is -2.70. The molecule has 2 aromatic carbocycles. The van der Waals surface area contributed by atoms with E-state index in [4.69, 9.17) is 13.9 Å². The van der Waals surface area contributed by atoms with Crippen molar-refractivity contribution in [1.82, 2.24) is 15.1 Å². The zero-order valence-electron chi connectivity index (χ0n) is 16.4. The van der Waals surface area contributed by atoms with E-state index < -0.39 is 0 Å². The summed E-state index contributed by atoms with van der Waals surface area (Å²) in [6, 6.07) is 16.5. The van der Waals surface area contributed by atoms with Crippen LogP contribution in [0.5, 0.6) is 5.75 Å². The molecule has 29 heavy (non-hydrogen) atoms. The Morgan fingerprint density at radius 1 is 1.03 bits per heavy atom. The molecule has 6 heteroatoms. The highest BCUT2D eigenvalue weighted by Crippen LogP contribution is 2.28. The van der Waals surface area contributed by atoms with Gasteiger partial charge in [0.15, 0.2) is 0 Å². The molecule has 1 saturated heterocycles. The minimum atomic E-state index is 0.0159. The van der Waals surface area contributed by atoms with Gasteiger partial charge in [0.05, 0.1) is 19.8 Å². The molecule has 0 saturated carbocycles. The third kappa shape index (κ3) is 4.04. The molecule has 5 rings (SSSR count). The normalized spacial score (nSPS) is 19.1. The van der Waals surface area contributed by atoms with Gasteiger partial charge in [-0.2, -0.15) is 0 Å². The van der Waals surface area contributed by atoms with Crippen LogP contribution < -0.4 is 4.74 Å².